The van der Waals surface area contributed by atoms with Crippen molar-refractivity contribution in [2.45, 2.75) is 0 Å². The molecule has 66 valence electrons. The van der Waals surface area contributed by atoms with Gasteiger partial charge in [-0.15, -0.1) is 5.10 Å². The Bertz CT molecular complexity index is 397. The lowest BCUT2D eigenvalue weighted by Gasteiger charge is -2.04. The molecule has 2 rings (SSSR count). The number of nitrogens with two attached hydrogens (primary N) is 1. The van der Waals surface area contributed by atoms with Gasteiger partial charge in [-0.2, -0.15) is 5.11 Å². The molecule has 0 saturated carbocycles. The minimum atomic E-state index is 0.0496. The summed E-state index contributed by atoms with van der Waals surface area (Å²) >= 11 is 0. The molecule has 3 N–H and O–H groups in total. The zero-order valence-electron chi connectivity index (χ0n) is 6.81. The first-order valence-corrected chi connectivity index (χ1v) is 3.80. The van der Waals surface area contributed by atoms with Crippen LogP contribution in [0.5, 0.6) is 5.75 Å². The fourth-order valence-corrected chi connectivity index (χ4v) is 1.15. The van der Waals surface area contributed by atoms with Crippen LogP contribution in [-0.2, 0) is 0 Å². The number of rotatable bonds is 1. The smallest absolute Gasteiger partial charge is 0.147 e. The SMILES string of the molecule is Nc1cccc(C2=NN=NC2)c1O. The van der Waals surface area contributed by atoms with Crippen molar-refractivity contribution in [3.05, 3.63) is 23.8 Å². The van der Waals surface area contributed by atoms with E-state index in [1.807, 2.05) is 0 Å². The Kier molecular flexibility index (Phi) is 1.70. The summed E-state index contributed by atoms with van der Waals surface area (Å²) in [6.07, 6.45) is 0. The lowest BCUT2D eigenvalue weighted by molar-refractivity contribution is 0.477. The van der Waals surface area contributed by atoms with E-state index >= 15 is 0 Å². The second-order valence-corrected chi connectivity index (χ2v) is 2.68. The maximum atomic E-state index is 9.57. The predicted octanol–water partition coefficient (Wildman–Crippen LogP) is 1.14. The van der Waals surface area contributed by atoms with Crippen molar-refractivity contribution in [2.24, 2.45) is 15.4 Å². The molecular weight excluding hydrogens is 168 g/mol. The number of benzene rings is 1. The van der Waals surface area contributed by atoms with Crippen LogP contribution >= 0.6 is 0 Å². The summed E-state index contributed by atoms with van der Waals surface area (Å²) in [6, 6.07) is 5.12. The van der Waals surface area contributed by atoms with Crippen LogP contribution in [0.15, 0.2) is 33.6 Å². The van der Waals surface area contributed by atoms with Gasteiger partial charge in [-0.25, -0.2) is 0 Å². The molecule has 0 atom stereocenters. The highest BCUT2D eigenvalue weighted by atomic mass is 16.3. The summed E-state index contributed by atoms with van der Waals surface area (Å²) in [4.78, 5) is 0. The van der Waals surface area contributed by atoms with Crippen LogP contribution in [0.1, 0.15) is 5.56 Å². The third-order valence-electron chi connectivity index (χ3n) is 1.83. The Balaban J connectivity index is 2.46. The number of anilines is 1. The average Bonchev–Trinajstić information content (AvgIpc) is 2.62. The second kappa shape index (κ2) is 2.85. The maximum absolute atomic E-state index is 9.57. The minimum Gasteiger partial charge on any atom is -0.505 e. The van der Waals surface area contributed by atoms with Gasteiger partial charge >= 0.3 is 0 Å². The second-order valence-electron chi connectivity index (χ2n) is 2.68. The Hall–Kier alpha value is -1.91. The zero-order valence-corrected chi connectivity index (χ0v) is 6.81. The van der Waals surface area contributed by atoms with E-state index in [9.17, 15) is 5.11 Å². The summed E-state index contributed by atoms with van der Waals surface area (Å²) in [7, 11) is 0. The number of phenolic OH excluding ortho intramolecular Hbond substituents is 1. The van der Waals surface area contributed by atoms with E-state index in [2.05, 4.69) is 15.4 Å². The lowest BCUT2D eigenvalue weighted by atomic mass is 10.1. The third kappa shape index (κ3) is 1.24. The van der Waals surface area contributed by atoms with Crippen molar-refractivity contribution in [1.29, 1.82) is 0 Å². The molecule has 0 saturated heterocycles. The van der Waals surface area contributed by atoms with Crippen LogP contribution < -0.4 is 5.73 Å². The van der Waals surface area contributed by atoms with Crippen molar-refractivity contribution >= 4 is 11.4 Å². The van der Waals surface area contributed by atoms with Crippen LogP contribution in [0.3, 0.4) is 0 Å². The van der Waals surface area contributed by atoms with Gasteiger partial charge in [0.25, 0.3) is 0 Å². The fourth-order valence-electron chi connectivity index (χ4n) is 1.15. The molecule has 1 heterocycles. The van der Waals surface area contributed by atoms with Gasteiger partial charge in [-0.05, 0) is 17.4 Å². The number of nitrogen functional groups attached to an aromatic ring is 1. The van der Waals surface area contributed by atoms with Crippen LogP contribution in [0.25, 0.3) is 0 Å². The van der Waals surface area contributed by atoms with Crippen molar-refractivity contribution < 1.29 is 5.11 Å². The largest absolute Gasteiger partial charge is 0.505 e. The average molecular weight is 176 g/mol. The van der Waals surface area contributed by atoms with Crippen LogP contribution in [0, 0.1) is 0 Å². The number of hydrogen-bond acceptors (Lipinski definition) is 5. The Morgan fingerprint density at radius 3 is 2.92 bits per heavy atom. The molecule has 1 aromatic carbocycles. The maximum Gasteiger partial charge on any atom is 0.147 e. The molecule has 0 amide bonds. The summed E-state index contributed by atoms with van der Waals surface area (Å²) in [5.74, 6) is 0.0496. The molecule has 0 radical (unpaired) electrons. The molecule has 5 heteroatoms. The van der Waals surface area contributed by atoms with Gasteiger partial charge < -0.3 is 10.8 Å². The summed E-state index contributed by atoms with van der Waals surface area (Å²) in [5, 5.41) is 20.5. The first kappa shape index (κ1) is 7.72. The molecule has 0 aromatic heterocycles. The number of nitrogens with zero attached hydrogens (tertiary/aromatic N) is 3. The molecular formula is C8H8N4O. The number of para-hydroxylation sites is 1. The van der Waals surface area contributed by atoms with E-state index in [0.29, 0.717) is 23.5 Å². The third-order valence-corrected chi connectivity index (χ3v) is 1.83. The topological polar surface area (TPSA) is 83.3 Å². The summed E-state index contributed by atoms with van der Waals surface area (Å²) < 4.78 is 0. The van der Waals surface area contributed by atoms with Gasteiger partial charge in [-0.3, -0.25) is 0 Å². The molecule has 5 nitrogen and oxygen atoms in total. The Morgan fingerprint density at radius 1 is 1.38 bits per heavy atom. The molecule has 0 fully saturated rings. The predicted molar refractivity (Wildman–Crippen MR) is 48.8 cm³/mol. The van der Waals surface area contributed by atoms with E-state index in [0.717, 1.165) is 0 Å². The normalized spacial score (nSPS) is 14.6. The molecule has 1 aliphatic heterocycles. The van der Waals surface area contributed by atoms with E-state index < -0.39 is 0 Å². The molecule has 1 aromatic rings. The van der Waals surface area contributed by atoms with Crippen LogP contribution in [0.2, 0.25) is 0 Å². The minimum absolute atomic E-state index is 0.0496. The van der Waals surface area contributed by atoms with Crippen LogP contribution in [-0.4, -0.2) is 17.4 Å². The van der Waals surface area contributed by atoms with Gasteiger partial charge in [0.15, 0.2) is 0 Å². The van der Waals surface area contributed by atoms with Crippen molar-refractivity contribution in [1.82, 2.24) is 0 Å². The van der Waals surface area contributed by atoms with Crippen LogP contribution in [0.4, 0.5) is 5.69 Å². The van der Waals surface area contributed by atoms with Gasteiger partial charge in [-0.1, -0.05) is 6.07 Å². The molecule has 1 aliphatic rings. The number of hydrogen-bond donors (Lipinski definition) is 2. The van der Waals surface area contributed by atoms with Gasteiger partial charge in [0.05, 0.1) is 11.4 Å². The molecule has 0 unspecified atom stereocenters. The first-order valence-electron chi connectivity index (χ1n) is 3.80. The highest BCUT2D eigenvalue weighted by Gasteiger charge is 2.13. The first-order chi connectivity index (χ1) is 6.29. The summed E-state index contributed by atoms with van der Waals surface area (Å²) in [6.45, 7) is 0.400. The highest BCUT2D eigenvalue weighted by Crippen LogP contribution is 2.25. The van der Waals surface area contributed by atoms with Crippen molar-refractivity contribution in [3.63, 3.8) is 0 Å². The Morgan fingerprint density at radius 2 is 2.23 bits per heavy atom. The van der Waals surface area contributed by atoms with Gasteiger partial charge in [0, 0.05) is 5.56 Å². The molecule has 13 heavy (non-hydrogen) atoms. The van der Waals surface area contributed by atoms with Gasteiger partial charge in [0.2, 0.25) is 0 Å². The van der Waals surface area contributed by atoms with E-state index in [4.69, 9.17) is 5.73 Å². The summed E-state index contributed by atoms with van der Waals surface area (Å²) in [5.41, 5.74) is 7.11. The zero-order chi connectivity index (χ0) is 9.26. The Labute approximate surface area is 74.6 Å². The molecule has 0 aliphatic carbocycles. The van der Waals surface area contributed by atoms with Gasteiger partial charge in [0.1, 0.15) is 12.3 Å². The monoisotopic (exact) mass is 176 g/mol. The van der Waals surface area contributed by atoms with Crippen molar-refractivity contribution in [2.75, 3.05) is 12.3 Å². The fraction of sp³-hybridized carbons (Fsp3) is 0.125. The van der Waals surface area contributed by atoms with E-state index in [1.165, 1.54) is 0 Å². The molecule has 0 spiro atoms. The standard InChI is InChI=1S/C8H8N4O/c9-6-3-1-2-5(8(6)13)7-4-10-12-11-7/h1-3,13H,4,9H2. The van der Waals surface area contributed by atoms with Crippen molar-refractivity contribution in [3.8, 4) is 5.75 Å². The van der Waals surface area contributed by atoms with E-state index in [1.54, 1.807) is 18.2 Å². The lowest BCUT2D eigenvalue weighted by Crippen LogP contribution is -2.03. The quantitative estimate of drug-likeness (QED) is 0.496. The number of aromatic hydroxyl groups is 1. The highest BCUT2D eigenvalue weighted by molar-refractivity contribution is 6.05. The number of phenols is 1. The molecule has 0 bridgehead atoms. The van der Waals surface area contributed by atoms with E-state index in [-0.39, 0.29) is 5.75 Å².